The topological polar surface area (TPSA) is 82.2 Å². The van der Waals surface area contributed by atoms with E-state index in [2.05, 4.69) is 47.9 Å². The van der Waals surface area contributed by atoms with Crippen LogP contribution in [0.3, 0.4) is 0 Å². The van der Waals surface area contributed by atoms with Gasteiger partial charge in [0.1, 0.15) is 5.82 Å². The molecule has 3 N–H and O–H groups in total. The summed E-state index contributed by atoms with van der Waals surface area (Å²) in [6, 6.07) is 8.43. The third-order valence-corrected chi connectivity index (χ3v) is 6.57. The van der Waals surface area contributed by atoms with Crippen LogP contribution < -0.4 is 20.9 Å². The molecule has 1 aromatic heterocycles. The summed E-state index contributed by atoms with van der Waals surface area (Å²) in [6.07, 6.45) is 9.39. The lowest BCUT2D eigenvalue weighted by atomic mass is 9.91. The molecule has 2 aliphatic carbocycles. The van der Waals surface area contributed by atoms with Crippen LogP contribution in [0.25, 0.3) is 0 Å². The number of rotatable bonds is 6. The molecule has 4 rings (SSSR count). The second-order valence-electron chi connectivity index (χ2n) is 9.24. The molecular weight excluding hydrogens is 400 g/mol. The molecule has 172 valence electrons. The van der Waals surface area contributed by atoms with Crippen molar-refractivity contribution in [2.45, 2.75) is 76.8 Å². The minimum Gasteiger partial charge on any atom is -0.362 e. The van der Waals surface area contributed by atoms with Crippen LogP contribution in [0.4, 0.5) is 22.2 Å². The molecule has 32 heavy (non-hydrogen) atoms. The van der Waals surface area contributed by atoms with E-state index in [4.69, 9.17) is 9.97 Å². The fraction of sp³-hybridized carbons (Fsp3) is 0.560. The Hall–Kier alpha value is -2.83. The SMILES string of the molecule is CCc1cccc(NC(=O)N[C@H]2CC[C@@H](Nc3nc4c(c(N(C)C)n3)CCCC4)CC2)c1. The average molecular weight is 437 g/mol. The molecule has 0 bridgehead atoms. The number of urea groups is 1. The van der Waals surface area contributed by atoms with Gasteiger partial charge in [0.15, 0.2) is 0 Å². The van der Waals surface area contributed by atoms with Crippen LogP contribution in [0.1, 0.15) is 62.3 Å². The first-order valence-electron chi connectivity index (χ1n) is 12.0. The first-order valence-corrected chi connectivity index (χ1v) is 12.0. The highest BCUT2D eigenvalue weighted by atomic mass is 16.2. The van der Waals surface area contributed by atoms with Crippen molar-refractivity contribution in [1.82, 2.24) is 15.3 Å². The maximum Gasteiger partial charge on any atom is 0.319 e. The molecule has 0 unspecified atom stereocenters. The number of nitrogens with one attached hydrogen (secondary N) is 3. The third kappa shape index (κ3) is 5.50. The highest BCUT2D eigenvalue weighted by Gasteiger charge is 2.25. The summed E-state index contributed by atoms with van der Waals surface area (Å²) in [5.74, 6) is 1.80. The molecule has 0 radical (unpaired) electrons. The van der Waals surface area contributed by atoms with E-state index in [-0.39, 0.29) is 12.1 Å². The molecule has 0 saturated heterocycles. The fourth-order valence-corrected chi connectivity index (χ4v) is 4.79. The quantitative estimate of drug-likeness (QED) is 0.620. The van der Waals surface area contributed by atoms with Gasteiger partial charge in [-0.1, -0.05) is 19.1 Å². The molecule has 1 aromatic carbocycles. The molecule has 0 aliphatic heterocycles. The van der Waals surface area contributed by atoms with Crippen LogP contribution in [0.15, 0.2) is 24.3 Å². The maximum atomic E-state index is 12.4. The summed E-state index contributed by atoms with van der Waals surface area (Å²) in [4.78, 5) is 24.2. The number of carbonyl (C=O) groups excluding carboxylic acids is 1. The summed E-state index contributed by atoms with van der Waals surface area (Å²) in [6.45, 7) is 2.11. The summed E-state index contributed by atoms with van der Waals surface area (Å²) >= 11 is 0. The van der Waals surface area contributed by atoms with E-state index in [9.17, 15) is 4.79 Å². The first-order chi connectivity index (χ1) is 15.5. The lowest BCUT2D eigenvalue weighted by molar-refractivity contribution is 0.243. The molecule has 7 heteroatoms. The number of aryl methyl sites for hydroxylation is 2. The number of carbonyl (C=O) groups is 1. The Morgan fingerprint density at radius 1 is 1.06 bits per heavy atom. The van der Waals surface area contributed by atoms with Gasteiger partial charge in [-0.25, -0.2) is 9.78 Å². The van der Waals surface area contributed by atoms with E-state index in [1.54, 1.807) is 0 Å². The number of aromatic nitrogens is 2. The van der Waals surface area contributed by atoms with Gasteiger partial charge in [0.2, 0.25) is 5.95 Å². The molecule has 2 amide bonds. The van der Waals surface area contributed by atoms with Crippen LogP contribution in [0, 0.1) is 0 Å². The van der Waals surface area contributed by atoms with Crippen LogP contribution in [-0.2, 0) is 19.3 Å². The molecule has 0 atom stereocenters. The van der Waals surface area contributed by atoms with E-state index >= 15 is 0 Å². The number of anilines is 3. The molecule has 2 aromatic rings. The van der Waals surface area contributed by atoms with Crippen molar-refractivity contribution in [1.29, 1.82) is 0 Å². The van der Waals surface area contributed by atoms with Gasteiger partial charge in [0.25, 0.3) is 0 Å². The van der Waals surface area contributed by atoms with E-state index in [1.165, 1.54) is 29.7 Å². The number of fused-ring (bicyclic) bond motifs is 1. The first kappa shape index (κ1) is 22.4. The molecule has 0 spiro atoms. The highest BCUT2D eigenvalue weighted by Crippen LogP contribution is 2.29. The third-order valence-electron chi connectivity index (χ3n) is 6.57. The lowest BCUT2D eigenvalue weighted by Crippen LogP contribution is -2.42. The molecule has 7 nitrogen and oxygen atoms in total. The van der Waals surface area contributed by atoms with Crippen LogP contribution in [-0.4, -0.2) is 42.2 Å². The summed E-state index contributed by atoms with van der Waals surface area (Å²) in [5, 5.41) is 9.68. The van der Waals surface area contributed by atoms with Gasteiger partial charge in [-0.2, -0.15) is 4.98 Å². The zero-order valence-corrected chi connectivity index (χ0v) is 19.6. The molecular formula is C25H36N6O. The van der Waals surface area contributed by atoms with Crippen LogP contribution in [0.2, 0.25) is 0 Å². The van der Waals surface area contributed by atoms with Crippen LogP contribution >= 0.6 is 0 Å². The van der Waals surface area contributed by atoms with Crippen molar-refractivity contribution in [3.8, 4) is 0 Å². The Bertz CT molecular complexity index is 936. The highest BCUT2D eigenvalue weighted by molar-refractivity contribution is 5.89. The largest absolute Gasteiger partial charge is 0.362 e. The molecule has 2 aliphatic rings. The minimum atomic E-state index is -0.122. The van der Waals surface area contributed by atoms with Gasteiger partial charge in [-0.3, -0.25) is 0 Å². The van der Waals surface area contributed by atoms with E-state index < -0.39 is 0 Å². The lowest BCUT2D eigenvalue weighted by Gasteiger charge is -2.30. The predicted molar refractivity (Wildman–Crippen MR) is 131 cm³/mol. The van der Waals surface area contributed by atoms with E-state index in [0.717, 1.165) is 62.4 Å². The second kappa shape index (κ2) is 10.2. The summed E-state index contributed by atoms with van der Waals surface area (Å²) in [5.41, 5.74) is 4.58. The van der Waals surface area contributed by atoms with Gasteiger partial charge in [0.05, 0.1) is 5.69 Å². The maximum absolute atomic E-state index is 12.4. The number of amides is 2. The Morgan fingerprint density at radius 2 is 1.81 bits per heavy atom. The van der Waals surface area contributed by atoms with Crippen molar-refractivity contribution in [3.63, 3.8) is 0 Å². The number of hydrogen-bond acceptors (Lipinski definition) is 5. The number of benzene rings is 1. The zero-order chi connectivity index (χ0) is 22.5. The zero-order valence-electron chi connectivity index (χ0n) is 19.6. The molecule has 1 fully saturated rings. The van der Waals surface area contributed by atoms with Crippen molar-refractivity contribution >= 4 is 23.5 Å². The predicted octanol–water partition coefficient (Wildman–Crippen LogP) is 4.53. The van der Waals surface area contributed by atoms with Gasteiger partial charge in [-0.15, -0.1) is 0 Å². The van der Waals surface area contributed by atoms with Crippen molar-refractivity contribution in [3.05, 3.63) is 41.1 Å². The average Bonchev–Trinajstić information content (AvgIpc) is 2.80. The Kier molecular flexibility index (Phi) is 7.12. The Morgan fingerprint density at radius 3 is 2.56 bits per heavy atom. The number of hydrogen-bond donors (Lipinski definition) is 3. The second-order valence-corrected chi connectivity index (χ2v) is 9.24. The van der Waals surface area contributed by atoms with E-state index in [0.29, 0.717) is 6.04 Å². The van der Waals surface area contributed by atoms with Crippen molar-refractivity contribution < 1.29 is 4.79 Å². The van der Waals surface area contributed by atoms with Crippen molar-refractivity contribution in [2.24, 2.45) is 0 Å². The van der Waals surface area contributed by atoms with Crippen molar-refractivity contribution in [2.75, 3.05) is 29.6 Å². The smallest absolute Gasteiger partial charge is 0.319 e. The van der Waals surface area contributed by atoms with Gasteiger partial charge < -0.3 is 20.9 Å². The normalized spacial score (nSPS) is 20.2. The summed E-state index contributed by atoms with van der Waals surface area (Å²) in [7, 11) is 4.11. The van der Waals surface area contributed by atoms with Gasteiger partial charge >= 0.3 is 6.03 Å². The number of nitrogens with zero attached hydrogens (tertiary/aromatic N) is 3. The standard InChI is InChI=1S/C25H36N6O/c1-4-17-8-7-9-20(16-17)28-25(32)27-19-14-12-18(13-15-19)26-24-29-22-11-6-5-10-21(22)23(30-24)31(2)3/h7-9,16,18-19H,4-6,10-15H2,1-3H3,(H,26,29,30)(H2,27,28,32)/t18-,19+. The fourth-order valence-electron chi connectivity index (χ4n) is 4.79. The Labute approximate surface area is 191 Å². The minimum absolute atomic E-state index is 0.122. The van der Waals surface area contributed by atoms with Gasteiger partial charge in [0, 0.05) is 37.4 Å². The van der Waals surface area contributed by atoms with E-state index in [1.807, 2.05) is 18.2 Å². The van der Waals surface area contributed by atoms with Gasteiger partial charge in [-0.05, 0) is 75.5 Å². The van der Waals surface area contributed by atoms with Crippen LogP contribution in [0.5, 0.6) is 0 Å². The summed E-state index contributed by atoms with van der Waals surface area (Å²) < 4.78 is 0. The molecule has 1 saturated carbocycles. The Balaban J connectivity index is 1.29. The molecule has 1 heterocycles. The monoisotopic (exact) mass is 436 g/mol.